The number of hydrogen-bond acceptors (Lipinski definition) is 7. The van der Waals surface area contributed by atoms with Crippen molar-refractivity contribution in [3.63, 3.8) is 0 Å². The minimum atomic E-state index is -0.456. The van der Waals surface area contributed by atoms with Crippen LogP contribution in [0.3, 0.4) is 0 Å². The van der Waals surface area contributed by atoms with Crippen LogP contribution in [0.15, 0.2) is 59.0 Å². The van der Waals surface area contributed by atoms with E-state index in [4.69, 9.17) is 28.2 Å². The number of anilines is 1. The van der Waals surface area contributed by atoms with E-state index in [0.29, 0.717) is 16.5 Å². The molecule has 11 heteroatoms. The van der Waals surface area contributed by atoms with Crippen LogP contribution in [0, 0.1) is 13.8 Å². The SMILES string of the molecule is Cc1ccc(-c2ccc(C(=O)NC(=S)Nc3cccc(-c4nn5c(C)nnc5s4)c3)o2)cc1Cl. The first-order chi connectivity index (χ1) is 16.4. The van der Waals surface area contributed by atoms with E-state index in [9.17, 15) is 4.79 Å². The normalized spacial score (nSPS) is 11.0. The molecule has 34 heavy (non-hydrogen) atoms. The van der Waals surface area contributed by atoms with E-state index >= 15 is 0 Å². The fraction of sp³-hybridized carbons (Fsp3) is 0.0870. The van der Waals surface area contributed by atoms with E-state index in [2.05, 4.69) is 25.9 Å². The first-order valence-corrected chi connectivity index (χ1v) is 11.8. The molecule has 3 heterocycles. The highest BCUT2D eigenvalue weighted by molar-refractivity contribution is 7.80. The summed E-state index contributed by atoms with van der Waals surface area (Å²) in [4.78, 5) is 13.3. The maximum atomic E-state index is 12.6. The van der Waals surface area contributed by atoms with Crippen LogP contribution in [0.25, 0.3) is 26.9 Å². The summed E-state index contributed by atoms with van der Waals surface area (Å²) in [7, 11) is 0. The van der Waals surface area contributed by atoms with Gasteiger partial charge in [-0.3, -0.25) is 10.1 Å². The summed E-state index contributed by atoms with van der Waals surface area (Å²) in [5.74, 6) is 0.947. The summed E-state index contributed by atoms with van der Waals surface area (Å²) in [5.41, 5.74) is 3.35. The summed E-state index contributed by atoms with van der Waals surface area (Å²) < 4.78 is 7.41. The molecule has 2 aromatic carbocycles. The van der Waals surface area contributed by atoms with Crippen LogP contribution in [0.5, 0.6) is 0 Å². The molecule has 170 valence electrons. The third kappa shape index (κ3) is 4.43. The van der Waals surface area contributed by atoms with E-state index in [1.54, 1.807) is 22.7 Å². The standard InChI is InChI=1S/C23H17ClN6O2S2/c1-12-6-7-14(11-17(12)24)18-8-9-19(32-18)20(31)26-22(33)25-16-5-3-4-15(10-16)21-29-30-13(2)27-28-23(30)34-21/h3-11H,1-2H3,(H2,25,26,31,33). The fourth-order valence-electron chi connectivity index (χ4n) is 3.25. The van der Waals surface area contributed by atoms with Gasteiger partial charge >= 0.3 is 0 Å². The topological polar surface area (TPSA) is 97.4 Å². The van der Waals surface area contributed by atoms with Gasteiger partial charge in [-0.15, -0.1) is 10.2 Å². The number of aryl methyl sites for hydroxylation is 2. The van der Waals surface area contributed by atoms with Crippen molar-refractivity contribution in [2.24, 2.45) is 0 Å². The lowest BCUT2D eigenvalue weighted by Crippen LogP contribution is -2.33. The molecule has 0 spiro atoms. The molecule has 5 rings (SSSR count). The Bertz CT molecular complexity index is 1550. The maximum absolute atomic E-state index is 12.6. The number of thiocarbonyl (C=S) groups is 1. The zero-order chi connectivity index (χ0) is 23.8. The van der Waals surface area contributed by atoms with E-state index in [-0.39, 0.29) is 10.9 Å². The Balaban J connectivity index is 1.26. The third-order valence-electron chi connectivity index (χ3n) is 5.03. The molecule has 0 aliphatic carbocycles. The van der Waals surface area contributed by atoms with Crippen LogP contribution >= 0.6 is 35.2 Å². The number of carbonyl (C=O) groups is 1. The minimum Gasteiger partial charge on any atom is -0.451 e. The second-order valence-electron chi connectivity index (χ2n) is 7.47. The molecule has 1 amide bonds. The average Bonchev–Trinajstić information content (AvgIpc) is 3.54. The number of halogens is 1. The maximum Gasteiger partial charge on any atom is 0.293 e. The highest BCUT2D eigenvalue weighted by atomic mass is 35.5. The van der Waals surface area contributed by atoms with Crippen molar-refractivity contribution in [1.29, 1.82) is 0 Å². The van der Waals surface area contributed by atoms with Gasteiger partial charge in [-0.2, -0.15) is 9.61 Å². The van der Waals surface area contributed by atoms with Crippen LogP contribution in [-0.2, 0) is 0 Å². The number of fused-ring (bicyclic) bond motifs is 1. The van der Waals surface area contributed by atoms with E-state index in [0.717, 1.165) is 32.5 Å². The summed E-state index contributed by atoms with van der Waals surface area (Å²) in [6.45, 7) is 3.77. The van der Waals surface area contributed by atoms with Gasteiger partial charge in [0.15, 0.2) is 16.7 Å². The van der Waals surface area contributed by atoms with Gasteiger partial charge < -0.3 is 9.73 Å². The lowest BCUT2D eigenvalue weighted by atomic mass is 10.1. The molecule has 0 bridgehead atoms. The second-order valence-corrected chi connectivity index (χ2v) is 9.24. The van der Waals surface area contributed by atoms with Gasteiger partial charge in [0.1, 0.15) is 10.8 Å². The molecule has 0 aliphatic rings. The zero-order valence-electron chi connectivity index (χ0n) is 18.0. The molecule has 3 aromatic heterocycles. The Labute approximate surface area is 208 Å². The van der Waals surface area contributed by atoms with Crippen molar-refractivity contribution in [3.8, 4) is 21.9 Å². The fourth-order valence-corrected chi connectivity index (χ4v) is 4.52. The molecule has 0 saturated carbocycles. The van der Waals surface area contributed by atoms with Crippen molar-refractivity contribution < 1.29 is 9.21 Å². The number of furan rings is 1. The Morgan fingerprint density at radius 1 is 1.09 bits per heavy atom. The molecule has 0 saturated heterocycles. The predicted octanol–water partition coefficient (Wildman–Crippen LogP) is 5.51. The van der Waals surface area contributed by atoms with E-state index < -0.39 is 5.91 Å². The number of amides is 1. The molecule has 0 fully saturated rings. The summed E-state index contributed by atoms with van der Waals surface area (Å²) in [6, 6.07) is 16.5. The van der Waals surface area contributed by atoms with Gasteiger partial charge in [-0.25, -0.2) is 0 Å². The van der Waals surface area contributed by atoms with Gasteiger partial charge in [0.2, 0.25) is 4.96 Å². The Hall–Kier alpha value is -3.60. The number of nitrogens with one attached hydrogen (secondary N) is 2. The van der Waals surface area contributed by atoms with E-state index in [1.165, 1.54) is 11.3 Å². The number of hydrogen-bond donors (Lipinski definition) is 2. The predicted molar refractivity (Wildman–Crippen MR) is 136 cm³/mol. The van der Waals surface area contributed by atoms with Crippen LogP contribution in [0.4, 0.5) is 5.69 Å². The molecule has 0 atom stereocenters. The quantitative estimate of drug-likeness (QED) is 0.309. The molecule has 0 aliphatic heterocycles. The minimum absolute atomic E-state index is 0.139. The van der Waals surface area contributed by atoms with Crippen molar-refractivity contribution in [3.05, 3.63) is 76.8 Å². The number of carbonyl (C=O) groups excluding carboxylic acids is 1. The Kier molecular flexibility index (Phi) is 5.86. The van der Waals surface area contributed by atoms with Crippen molar-refractivity contribution >= 4 is 56.8 Å². The Morgan fingerprint density at radius 3 is 2.74 bits per heavy atom. The monoisotopic (exact) mass is 508 g/mol. The molecule has 0 radical (unpaired) electrons. The van der Waals surface area contributed by atoms with Crippen molar-refractivity contribution in [2.75, 3.05) is 5.32 Å². The van der Waals surface area contributed by atoms with Gasteiger partial charge in [0.25, 0.3) is 5.91 Å². The molecular formula is C23H17ClN6O2S2. The largest absolute Gasteiger partial charge is 0.451 e. The third-order valence-corrected chi connectivity index (χ3v) is 6.59. The number of benzene rings is 2. The number of aromatic nitrogens is 4. The molecule has 8 nitrogen and oxygen atoms in total. The van der Waals surface area contributed by atoms with Gasteiger partial charge in [-0.05, 0) is 62.0 Å². The number of nitrogens with zero attached hydrogens (tertiary/aromatic N) is 4. The zero-order valence-corrected chi connectivity index (χ0v) is 20.4. The molecule has 0 unspecified atom stereocenters. The van der Waals surface area contributed by atoms with Gasteiger partial charge in [-0.1, -0.05) is 47.2 Å². The summed E-state index contributed by atoms with van der Waals surface area (Å²) in [6.07, 6.45) is 0. The van der Waals surface area contributed by atoms with Crippen molar-refractivity contribution in [2.45, 2.75) is 13.8 Å². The van der Waals surface area contributed by atoms with Gasteiger partial charge in [0.05, 0.1) is 0 Å². The van der Waals surface area contributed by atoms with Gasteiger partial charge in [0, 0.05) is 21.8 Å². The Morgan fingerprint density at radius 2 is 1.94 bits per heavy atom. The van der Waals surface area contributed by atoms with Crippen LogP contribution in [0.1, 0.15) is 21.9 Å². The summed E-state index contributed by atoms with van der Waals surface area (Å²) >= 11 is 13.0. The van der Waals surface area contributed by atoms with Crippen LogP contribution in [0.2, 0.25) is 5.02 Å². The molecular weight excluding hydrogens is 492 g/mol. The average molecular weight is 509 g/mol. The first-order valence-electron chi connectivity index (χ1n) is 10.2. The lowest BCUT2D eigenvalue weighted by Gasteiger charge is -2.09. The number of rotatable bonds is 4. The highest BCUT2D eigenvalue weighted by Gasteiger charge is 2.15. The molecule has 2 N–H and O–H groups in total. The first kappa shape index (κ1) is 22.2. The second kappa shape index (κ2) is 8.98. The molecule has 5 aromatic rings. The highest BCUT2D eigenvalue weighted by Crippen LogP contribution is 2.28. The summed E-state index contributed by atoms with van der Waals surface area (Å²) in [5, 5.41) is 19.9. The van der Waals surface area contributed by atoms with E-state index in [1.807, 2.05) is 50.2 Å². The van der Waals surface area contributed by atoms with Crippen LogP contribution in [-0.4, -0.2) is 30.8 Å². The smallest absolute Gasteiger partial charge is 0.293 e. The lowest BCUT2D eigenvalue weighted by molar-refractivity contribution is 0.0951. The van der Waals surface area contributed by atoms with Crippen molar-refractivity contribution in [1.82, 2.24) is 25.1 Å². The van der Waals surface area contributed by atoms with Crippen LogP contribution < -0.4 is 10.6 Å².